The zero-order valence-corrected chi connectivity index (χ0v) is 12.9. The molecular formula is C15H24FN3O2. The van der Waals surface area contributed by atoms with Gasteiger partial charge in [-0.05, 0) is 24.6 Å². The van der Waals surface area contributed by atoms with Crippen molar-refractivity contribution < 1.29 is 13.9 Å². The quantitative estimate of drug-likeness (QED) is 0.436. The lowest BCUT2D eigenvalue weighted by Gasteiger charge is -2.18. The number of methoxy groups -OCH3 is 1. The molecule has 2 N–H and O–H groups in total. The first-order valence-corrected chi connectivity index (χ1v) is 7.01. The topological polar surface area (TPSA) is 54.9 Å². The summed E-state index contributed by atoms with van der Waals surface area (Å²) in [6.45, 7) is 4.50. The van der Waals surface area contributed by atoms with E-state index in [2.05, 4.69) is 15.6 Å². The predicted octanol–water partition coefficient (Wildman–Crippen LogP) is 1.71. The second kappa shape index (κ2) is 10.1. The van der Waals surface area contributed by atoms with Crippen molar-refractivity contribution in [1.82, 2.24) is 10.6 Å². The number of hydrogen-bond acceptors (Lipinski definition) is 3. The van der Waals surface area contributed by atoms with E-state index in [0.717, 1.165) is 5.56 Å². The van der Waals surface area contributed by atoms with Crippen LogP contribution in [0.3, 0.4) is 0 Å². The molecule has 0 spiro atoms. The standard InChI is InChI=1S/C15H24FN3O2/c1-4-21-10-9-18-15(17-2)19-11-14(20-3)12-5-7-13(16)8-6-12/h5-8,14H,4,9-11H2,1-3H3,(H2,17,18,19). The predicted molar refractivity (Wildman–Crippen MR) is 82.0 cm³/mol. The molecule has 1 rings (SSSR count). The SMILES string of the molecule is CCOCCNC(=NC)NCC(OC)c1ccc(F)cc1. The summed E-state index contributed by atoms with van der Waals surface area (Å²) >= 11 is 0. The maximum atomic E-state index is 12.9. The molecule has 1 aromatic carbocycles. The highest BCUT2D eigenvalue weighted by Gasteiger charge is 2.11. The van der Waals surface area contributed by atoms with Crippen molar-refractivity contribution in [1.29, 1.82) is 0 Å². The van der Waals surface area contributed by atoms with Crippen LogP contribution < -0.4 is 10.6 Å². The zero-order chi connectivity index (χ0) is 15.5. The number of halogens is 1. The molecule has 1 unspecified atom stereocenters. The van der Waals surface area contributed by atoms with Crippen LogP contribution in [-0.4, -0.2) is 46.4 Å². The molecule has 1 atom stereocenters. The van der Waals surface area contributed by atoms with Gasteiger partial charge in [0.1, 0.15) is 5.82 Å². The summed E-state index contributed by atoms with van der Waals surface area (Å²) in [5.74, 6) is 0.425. The van der Waals surface area contributed by atoms with Crippen LogP contribution in [0, 0.1) is 5.82 Å². The lowest BCUT2D eigenvalue weighted by atomic mass is 10.1. The van der Waals surface area contributed by atoms with Gasteiger partial charge in [0.15, 0.2) is 5.96 Å². The number of hydrogen-bond donors (Lipinski definition) is 2. The van der Waals surface area contributed by atoms with Gasteiger partial charge in [-0.3, -0.25) is 4.99 Å². The lowest BCUT2D eigenvalue weighted by molar-refractivity contribution is 0.106. The fraction of sp³-hybridized carbons (Fsp3) is 0.533. The number of aliphatic imine (C=N–C) groups is 1. The summed E-state index contributed by atoms with van der Waals surface area (Å²) in [6, 6.07) is 6.29. The summed E-state index contributed by atoms with van der Waals surface area (Å²) in [4.78, 5) is 4.12. The number of benzene rings is 1. The van der Waals surface area contributed by atoms with Crippen molar-refractivity contribution in [2.75, 3.05) is 40.5 Å². The minimum Gasteiger partial charge on any atom is -0.380 e. The van der Waals surface area contributed by atoms with Gasteiger partial charge in [-0.2, -0.15) is 0 Å². The number of ether oxygens (including phenoxy) is 2. The van der Waals surface area contributed by atoms with E-state index in [1.807, 2.05) is 6.92 Å². The summed E-state index contributed by atoms with van der Waals surface area (Å²) < 4.78 is 23.6. The maximum absolute atomic E-state index is 12.9. The number of nitrogens with zero attached hydrogens (tertiary/aromatic N) is 1. The minimum absolute atomic E-state index is 0.170. The normalized spacial score (nSPS) is 13.0. The first-order valence-electron chi connectivity index (χ1n) is 7.01. The third kappa shape index (κ3) is 6.55. The molecule has 0 aromatic heterocycles. The van der Waals surface area contributed by atoms with Gasteiger partial charge in [-0.1, -0.05) is 12.1 Å². The first kappa shape index (κ1) is 17.4. The van der Waals surface area contributed by atoms with Crippen LogP contribution in [0.15, 0.2) is 29.3 Å². The van der Waals surface area contributed by atoms with Gasteiger partial charge in [0.05, 0.1) is 12.7 Å². The molecule has 0 aliphatic carbocycles. The first-order chi connectivity index (χ1) is 10.2. The van der Waals surface area contributed by atoms with Crippen molar-refractivity contribution in [2.24, 2.45) is 4.99 Å². The number of guanidine groups is 1. The summed E-state index contributed by atoms with van der Waals surface area (Å²) in [5, 5.41) is 6.32. The fourth-order valence-corrected chi connectivity index (χ4v) is 1.81. The molecule has 21 heavy (non-hydrogen) atoms. The summed E-state index contributed by atoms with van der Waals surface area (Å²) in [6.07, 6.45) is -0.170. The van der Waals surface area contributed by atoms with E-state index in [9.17, 15) is 4.39 Å². The van der Waals surface area contributed by atoms with Crippen LogP contribution in [0.4, 0.5) is 4.39 Å². The Labute approximate surface area is 125 Å². The van der Waals surface area contributed by atoms with E-state index < -0.39 is 0 Å². The van der Waals surface area contributed by atoms with E-state index in [1.54, 1.807) is 26.3 Å². The van der Waals surface area contributed by atoms with E-state index in [4.69, 9.17) is 9.47 Å². The average Bonchev–Trinajstić information content (AvgIpc) is 2.51. The van der Waals surface area contributed by atoms with Crippen LogP contribution in [0.1, 0.15) is 18.6 Å². The van der Waals surface area contributed by atoms with Gasteiger partial charge in [0.2, 0.25) is 0 Å². The molecule has 0 amide bonds. The number of nitrogens with one attached hydrogen (secondary N) is 2. The van der Waals surface area contributed by atoms with E-state index in [1.165, 1.54) is 12.1 Å². The van der Waals surface area contributed by atoms with Crippen LogP contribution in [-0.2, 0) is 9.47 Å². The van der Waals surface area contributed by atoms with Crippen molar-refractivity contribution in [3.63, 3.8) is 0 Å². The zero-order valence-electron chi connectivity index (χ0n) is 12.9. The average molecular weight is 297 g/mol. The fourth-order valence-electron chi connectivity index (χ4n) is 1.81. The van der Waals surface area contributed by atoms with Crippen LogP contribution in [0.5, 0.6) is 0 Å². The largest absolute Gasteiger partial charge is 0.380 e. The van der Waals surface area contributed by atoms with Gasteiger partial charge < -0.3 is 20.1 Å². The van der Waals surface area contributed by atoms with E-state index in [-0.39, 0.29) is 11.9 Å². The summed E-state index contributed by atoms with van der Waals surface area (Å²) in [7, 11) is 3.33. The molecule has 0 radical (unpaired) electrons. The molecule has 0 fully saturated rings. The van der Waals surface area contributed by atoms with Crippen molar-refractivity contribution in [3.8, 4) is 0 Å². The molecule has 118 valence electrons. The smallest absolute Gasteiger partial charge is 0.191 e. The Morgan fingerprint density at radius 1 is 1.29 bits per heavy atom. The van der Waals surface area contributed by atoms with Gasteiger partial charge in [0.25, 0.3) is 0 Å². The molecule has 0 saturated heterocycles. The Bertz CT molecular complexity index is 423. The van der Waals surface area contributed by atoms with Crippen molar-refractivity contribution >= 4 is 5.96 Å². The molecule has 6 heteroatoms. The minimum atomic E-state index is -0.255. The molecule has 0 aliphatic heterocycles. The second-order valence-electron chi connectivity index (χ2n) is 4.35. The van der Waals surface area contributed by atoms with Crippen LogP contribution in [0.2, 0.25) is 0 Å². The van der Waals surface area contributed by atoms with Crippen molar-refractivity contribution in [2.45, 2.75) is 13.0 Å². The van der Waals surface area contributed by atoms with Gasteiger partial charge in [0, 0.05) is 33.9 Å². The molecule has 0 bridgehead atoms. The Balaban J connectivity index is 2.44. The Morgan fingerprint density at radius 3 is 2.57 bits per heavy atom. The maximum Gasteiger partial charge on any atom is 0.191 e. The van der Waals surface area contributed by atoms with E-state index in [0.29, 0.717) is 32.3 Å². The molecular weight excluding hydrogens is 273 g/mol. The Hall–Kier alpha value is -1.66. The Morgan fingerprint density at radius 2 is 2.00 bits per heavy atom. The molecule has 0 heterocycles. The summed E-state index contributed by atoms with van der Waals surface area (Å²) in [5.41, 5.74) is 0.913. The third-order valence-electron chi connectivity index (χ3n) is 2.95. The molecule has 0 aliphatic rings. The second-order valence-corrected chi connectivity index (χ2v) is 4.35. The van der Waals surface area contributed by atoms with E-state index >= 15 is 0 Å². The Kier molecular flexibility index (Phi) is 8.38. The number of rotatable bonds is 8. The molecule has 0 saturated carbocycles. The van der Waals surface area contributed by atoms with Gasteiger partial charge in [-0.25, -0.2) is 4.39 Å². The van der Waals surface area contributed by atoms with Gasteiger partial charge in [-0.15, -0.1) is 0 Å². The highest BCUT2D eigenvalue weighted by Crippen LogP contribution is 2.15. The van der Waals surface area contributed by atoms with Crippen LogP contribution >= 0.6 is 0 Å². The highest BCUT2D eigenvalue weighted by molar-refractivity contribution is 5.79. The highest BCUT2D eigenvalue weighted by atomic mass is 19.1. The third-order valence-corrected chi connectivity index (χ3v) is 2.95. The monoisotopic (exact) mass is 297 g/mol. The van der Waals surface area contributed by atoms with Crippen LogP contribution in [0.25, 0.3) is 0 Å². The molecule has 1 aromatic rings. The lowest BCUT2D eigenvalue weighted by Crippen LogP contribution is -2.41. The molecule has 5 nitrogen and oxygen atoms in total. The van der Waals surface area contributed by atoms with Crippen molar-refractivity contribution in [3.05, 3.63) is 35.6 Å². The van der Waals surface area contributed by atoms with Gasteiger partial charge >= 0.3 is 0 Å².